The molecule has 1 amide bonds. The van der Waals surface area contributed by atoms with Crippen molar-refractivity contribution in [3.8, 4) is 10.7 Å². The first-order valence-corrected chi connectivity index (χ1v) is 7.65. The number of carbonyl (C=O) groups is 1. The van der Waals surface area contributed by atoms with E-state index in [2.05, 4.69) is 21.4 Å². The Balaban J connectivity index is 1.85. The van der Waals surface area contributed by atoms with E-state index in [-0.39, 0.29) is 0 Å². The number of nitrogens with two attached hydrogens (primary N) is 1. The molecule has 0 saturated carbocycles. The number of primary amides is 1. The molecular formula is C15H14N4OS. The summed E-state index contributed by atoms with van der Waals surface area (Å²) in [7, 11) is 0. The second-order valence-electron chi connectivity index (χ2n) is 5.14. The predicted molar refractivity (Wildman–Crippen MR) is 83.3 cm³/mol. The number of para-hydroxylation sites is 1. The molecule has 0 spiro atoms. The van der Waals surface area contributed by atoms with Crippen LogP contribution in [0.5, 0.6) is 0 Å². The molecule has 6 heteroatoms. The zero-order chi connectivity index (χ0) is 14.4. The molecule has 1 aliphatic heterocycles. The summed E-state index contributed by atoms with van der Waals surface area (Å²) in [6.07, 6.45) is 1.06. The number of thiophene rings is 1. The average molecular weight is 298 g/mol. The van der Waals surface area contributed by atoms with Crippen molar-refractivity contribution in [1.82, 2.24) is 15.3 Å². The number of benzene rings is 1. The van der Waals surface area contributed by atoms with E-state index in [4.69, 9.17) is 5.73 Å². The number of aromatic nitrogens is 2. The zero-order valence-corrected chi connectivity index (χ0v) is 12.1. The maximum absolute atomic E-state index is 11.5. The molecule has 5 nitrogen and oxygen atoms in total. The van der Waals surface area contributed by atoms with Gasteiger partial charge in [0.05, 0.1) is 16.0 Å². The number of amides is 1. The Morgan fingerprint density at radius 2 is 2.29 bits per heavy atom. The fraction of sp³-hybridized carbons (Fsp3) is 0.200. The molecule has 4 rings (SSSR count). The molecule has 2 aromatic heterocycles. The fourth-order valence-electron chi connectivity index (χ4n) is 2.72. The Morgan fingerprint density at radius 3 is 3.10 bits per heavy atom. The lowest BCUT2D eigenvalue weighted by Gasteiger charge is -2.10. The van der Waals surface area contributed by atoms with Crippen LogP contribution >= 0.6 is 11.3 Å². The monoisotopic (exact) mass is 298 g/mol. The number of imidazole rings is 1. The van der Waals surface area contributed by atoms with Crippen LogP contribution in [0.4, 0.5) is 0 Å². The number of hydrogen-bond acceptors (Lipinski definition) is 4. The number of rotatable bonds is 2. The van der Waals surface area contributed by atoms with E-state index in [9.17, 15) is 4.79 Å². The normalized spacial score (nSPS) is 14.3. The lowest BCUT2D eigenvalue weighted by Crippen LogP contribution is -2.21. The molecule has 3 heterocycles. The molecule has 0 unspecified atom stereocenters. The van der Waals surface area contributed by atoms with Gasteiger partial charge in [0.1, 0.15) is 11.3 Å². The Morgan fingerprint density at radius 1 is 1.38 bits per heavy atom. The summed E-state index contributed by atoms with van der Waals surface area (Å²) in [6.45, 7) is 1.94. The van der Waals surface area contributed by atoms with Gasteiger partial charge in [-0.3, -0.25) is 4.79 Å². The number of nitrogens with one attached hydrogen (secondary N) is 2. The van der Waals surface area contributed by atoms with Gasteiger partial charge < -0.3 is 16.0 Å². The van der Waals surface area contributed by atoms with Crippen LogP contribution in [0.3, 0.4) is 0 Å². The molecule has 0 aliphatic carbocycles. The molecule has 4 N–H and O–H groups in total. The van der Waals surface area contributed by atoms with Gasteiger partial charge in [-0.1, -0.05) is 6.07 Å². The quantitative estimate of drug-likeness (QED) is 0.677. The molecule has 0 saturated heterocycles. The second-order valence-corrected chi connectivity index (χ2v) is 6.27. The van der Waals surface area contributed by atoms with Crippen molar-refractivity contribution in [3.05, 3.63) is 40.3 Å². The number of carbonyl (C=O) groups excluding carboxylic acids is 1. The number of fused-ring (bicyclic) bond motifs is 2. The van der Waals surface area contributed by atoms with Crippen molar-refractivity contribution in [2.24, 2.45) is 5.73 Å². The number of H-pyrrole nitrogens is 1. The van der Waals surface area contributed by atoms with Gasteiger partial charge in [0, 0.05) is 18.0 Å². The van der Waals surface area contributed by atoms with Crippen LogP contribution in [-0.4, -0.2) is 22.4 Å². The van der Waals surface area contributed by atoms with Gasteiger partial charge >= 0.3 is 0 Å². The molecule has 1 aliphatic rings. The summed E-state index contributed by atoms with van der Waals surface area (Å²) in [5, 5.41) is 3.37. The maximum atomic E-state index is 11.5. The Bertz CT molecular complexity index is 825. The minimum absolute atomic E-state index is 0.451. The Kier molecular flexibility index (Phi) is 2.80. The largest absolute Gasteiger partial charge is 0.366 e. The minimum atomic E-state index is -0.451. The molecule has 106 valence electrons. The Hall–Kier alpha value is -2.18. The van der Waals surface area contributed by atoms with Crippen LogP contribution in [0.2, 0.25) is 0 Å². The van der Waals surface area contributed by atoms with Crippen molar-refractivity contribution >= 4 is 28.3 Å². The topological polar surface area (TPSA) is 83.8 Å². The van der Waals surface area contributed by atoms with Gasteiger partial charge in [-0.15, -0.1) is 11.3 Å². The summed E-state index contributed by atoms with van der Waals surface area (Å²) in [5.74, 6) is 0.353. The van der Waals surface area contributed by atoms with Crippen molar-refractivity contribution in [1.29, 1.82) is 0 Å². The van der Waals surface area contributed by atoms with Gasteiger partial charge in [0.2, 0.25) is 0 Å². The van der Waals surface area contributed by atoms with Gasteiger partial charge in [-0.25, -0.2) is 4.98 Å². The van der Waals surface area contributed by atoms with Crippen LogP contribution in [-0.2, 0) is 13.0 Å². The lowest BCUT2D eigenvalue weighted by atomic mass is 10.1. The first-order valence-electron chi connectivity index (χ1n) is 6.83. The van der Waals surface area contributed by atoms with Crippen LogP contribution in [0.25, 0.3) is 21.7 Å². The molecule has 0 bridgehead atoms. The third kappa shape index (κ3) is 2.03. The number of nitrogens with zero attached hydrogens (tertiary/aromatic N) is 1. The highest BCUT2D eigenvalue weighted by molar-refractivity contribution is 7.15. The highest BCUT2D eigenvalue weighted by Gasteiger charge is 2.17. The van der Waals surface area contributed by atoms with E-state index in [0.717, 1.165) is 35.7 Å². The van der Waals surface area contributed by atoms with E-state index < -0.39 is 5.91 Å². The van der Waals surface area contributed by atoms with Crippen molar-refractivity contribution in [2.75, 3.05) is 6.54 Å². The van der Waals surface area contributed by atoms with Crippen molar-refractivity contribution in [3.63, 3.8) is 0 Å². The van der Waals surface area contributed by atoms with Gasteiger partial charge in [-0.05, 0) is 30.2 Å². The summed E-state index contributed by atoms with van der Waals surface area (Å²) in [5.41, 5.74) is 8.69. The molecule has 1 aromatic carbocycles. The van der Waals surface area contributed by atoms with Gasteiger partial charge in [0.25, 0.3) is 5.91 Å². The zero-order valence-electron chi connectivity index (χ0n) is 11.3. The standard InChI is InChI=1S/C15H14N4OS/c16-14(20)9-2-1-3-10-13(9)19-15(18-10)12-6-8-7-17-5-4-11(8)21-12/h1-3,6,17H,4-5,7H2,(H2,16,20)(H,18,19). The molecule has 0 radical (unpaired) electrons. The minimum Gasteiger partial charge on any atom is -0.366 e. The van der Waals surface area contributed by atoms with E-state index in [1.807, 2.05) is 12.1 Å². The number of hydrogen-bond donors (Lipinski definition) is 3. The molecule has 0 atom stereocenters. The summed E-state index contributed by atoms with van der Waals surface area (Å²) in [4.78, 5) is 21.9. The second kappa shape index (κ2) is 4.68. The molecule has 21 heavy (non-hydrogen) atoms. The molecule has 3 aromatic rings. The van der Waals surface area contributed by atoms with Gasteiger partial charge in [-0.2, -0.15) is 0 Å². The van der Waals surface area contributed by atoms with E-state index in [1.54, 1.807) is 17.4 Å². The van der Waals surface area contributed by atoms with E-state index >= 15 is 0 Å². The SMILES string of the molecule is NC(=O)c1cccc2[nH]c(-c3cc4c(s3)CCNC4)nc12. The average Bonchev–Trinajstić information content (AvgIpc) is 3.09. The maximum Gasteiger partial charge on any atom is 0.250 e. The third-order valence-corrected chi connectivity index (χ3v) is 5.00. The van der Waals surface area contributed by atoms with Crippen LogP contribution < -0.4 is 11.1 Å². The van der Waals surface area contributed by atoms with Crippen LogP contribution in [0.15, 0.2) is 24.3 Å². The van der Waals surface area contributed by atoms with Crippen molar-refractivity contribution < 1.29 is 4.79 Å². The first-order chi connectivity index (χ1) is 10.2. The fourth-order valence-corrected chi connectivity index (χ4v) is 3.84. The van der Waals surface area contributed by atoms with E-state index in [0.29, 0.717) is 11.1 Å². The predicted octanol–water partition coefficient (Wildman–Crippen LogP) is 2.04. The van der Waals surface area contributed by atoms with Crippen LogP contribution in [0, 0.1) is 0 Å². The lowest BCUT2D eigenvalue weighted by molar-refractivity contribution is 0.100. The highest BCUT2D eigenvalue weighted by Crippen LogP contribution is 2.33. The molecule has 0 fully saturated rings. The summed E-state index contributed by atoms with van der Waals surface area (Å²) in [6, 6.07) is 7.60. The first kappa shape index (κ1) is 12.6. The van der Waals surface area contributed by atoms with Crippen LogP contribution in [0.1, 0.15) is 20.8 Å². The third-order valence-electron chi connectivity index (χ3n) is 3.75. The summed E-state index contributed by atoms with van der Waals surface area (Å²) >= 11 is 1.77. The number of aromatic amines is 1. The van der Waals surface area contributed by atoms with Crippen molar-refractivity contribution in [2.45, 2.75) is 13.0 Å². The van der Waals surface area contributed by atoms with E-state index in [1.165, 1.54) is 10.4 Å². The highest BCUT2D eigenvalue weighted by atomic mass is 32.1. The van der Waals surface area contributed by atoms with Gasteiger partial charge in [0.15, 0.2) is 0 Å². The smallest absolute Gasteiger partial charge is 0.250 e. The molecular weight excluding hydrogens is 284 g/mol. The Labute approximate surface area is 125 Å². The summed E-state index contributed by atoms with van der Waals surface area (Å²) < 4.78 is 0.